The molecule has 0 amide bonds. The molecule has 0 radical (unpaired) electrons. The minimum atomic E-state index is -3.75. The molecule has 6 heteroatoms. The van der Waals surface area contributed by atoms with Gasteiger partial charge in [-0.1, -0.05) is 0 Å². The molecule has 0 fully saturated rings. The van der Waals surface area contributed by atoms with Gasteiger partial charge in [-0.3, -0.25) is 4.55 Å². The van der Waals surface area contributed by atoms with Crippen molar-refractivity contribution in [1.29, 1.82) is 0 Å². The molecular formula is C2H6AuO3S2+. The van der Waals surface area contributed by atoms with Gasteiger partial charge in [0.15, 0.2) is 0 Å². The Balaban J connectivity index is 0. The summed E-state index contributed by atoms with van der Waals surface area (Å²) >= 11 is 3.57. The predicted octanol–water partition coefficient (Wildman–Crippen LogP) is -0.198. The van der Waals surface area contributed by atoms with Crippen LogP contribution in [-0.4, -0.2) is 24.5 Å². The zero-order valence-electron chi connectivity index (χ0n) is 3.83. The van der Waals surface area contributed by atoms with Crippen LogP contribution in [0.3, 0.4) is 0 Å². The van der Waals surface area contributed by atoms with Crippen LogP contribution in [0.1, 0.15) is 0 Å². The second-order valence-corrected chi connectivity index (χ2v) is 3.03. The molecule has 0 unspecified atom stereocenters. The molecular weight excluding hydrogens is 333 g/mol. The van der Waals surface area contributed by atoms with E-state index in [-0.39, 0.29) is 33.9 Å². The standard InChI is InChI=1S/C2H6O3S2.Au/c3-7(4,5)2-1-6;/h6H,1-2H2,(H,3,4,5);/q;+1. The molecule has 3 nitrogen and oxygen atoms in total. The van der Waals surface area contributed by atoms with Gasteiger partial charge in [-0.05, 0) is 0 Å². The van der Waals surface area contributed by atoms with E-state index in [4.69, 9.17) is 4.55 Å². The van der Waals surface area contributed by atoms with Crippen molar-refractivity contribution < 1.29 is 35.4 Å². The zero-order valence-corrected chi connectivity index (χ0v) is 7.71. The van der Waals surface area contributed by atoms with Gasteiger partial charge in [0.1, 0.15) is 0 Å². The summed E-state index contributed by atoms with van der Waals surface area (Å²) in [7, 11) is -3.75. The van der Waals surface area contributed by atoms with E-state index in [0.29, 0.717) is 0 Å². The molecule has 0 aliphatic rings. The van der Waals surface area contributed by atoms with Crippen molar-refractivity contribution >= 4 is 22.7 Å². The molecule has 0 aromatic heterocycles. The van der Waals surface area contributed by atoms with E-state index < -0.39 is 10.1 Å². The van der Waals surface area contributed by atoms with Crippen molar-refractivity contribution in [2.45, 2.75) is 0 Å². The normalized spacial score (nSPS) is 10.2. The number of thiol groups is 1. The van der Waals surface area contributed by atoms with Crippen LogP contribution in [-0.2, 0) is 32.5 Å². The summed E-state index contributed by atoms with van der Waals surface area (Å²) in [5.74, 6) is -0.102. The van der Waals surface area contributed by atoms with Crippen LogP contribution in [0.5, 0.6) is 0 Å². The first-order chi connectivity index (χ1) is 3.06. The summed E-state index contributed by atoms with van der Waals surface area (Å²) in [6.07, 6.45) is 0. The van der Waals surface area contributed by atoms with E-state index in [2.05, 4.69) is 12.6 Å². The first kappa shape index (κ1) is 11.8. The molecule has 8 heavy (non-hydrogen) atoms. The Bertz CT molecular complexity index is 128. The van der Waals surface area contributed by atoms with Gasteiger partial charge in [0.05, 0.1) is 5.75 Å². The maximum absolute atomic E-state index is 9.74. The molecule has 0 aliphatic carbocycles. The van der Waals surface area contributed by atoms with Crippen molar-refractivity contribution in [1.82, 2.24) is 0 Å². The van der Waals surface area contributed by atoms with Gasteiger partial charge in [-0.15, -0.1) is 0 Å². The van der Waals surface area contributed by atoms with E-state index in [1.165, 1.54) is 0 Å². The monoisotopic (exact) mass is 339 g/mol. The Morgan fingerprint density at radius 3 is 1.88 bits per heavy atom. The minimum Gasteiger partial charge on any atom is -0.286 e. The fourth-order valence-corrected chi connectivity index (χ4v) is 1.04. The largest absolute Gasteiger partial charge is 1.00 e. The fraction of sp³-hybridized carbons (Fsp3) is 1.00. The maximum Gasteiger partial charge on any atom is 1.00 e. The molecule has 0 aromatic carbocycles. The van der Waals surface area contributed by atoms with E-state index in [0.717, 1.165) is 0 Å². The van der Waals surface area contributed by atoms with E-state index in [1.54, 1.807) is 0 Å². The molecule has 0 aliphatic heterocycles. The summed E-state index contributed by atoms with van der Waals surface area (Å²) in [6.45, 7) is 0. The molecule has 0 aromatic rings. The zero-order chi connectivity index (χ0) is 5.91. The quantitative estimate of drug-likeness (QED) is 0.416. The van der Waals surface area contributed by atoms with Crippen molar-refractivity contribution in [2.75, 3.05) is 11.5 Å². The van der Waals surface area contributed by atoms with Crippen LogP contribution in [0.25, 0.3) is 0 Å². The summed E-state index contributed by atoms with van der Waals surface area (Å²) < 4.78 is 27.4. The Kier molecular flexibility index (Phi) is 7.11. The van der Waals surface area contributed by atoms with Crippen molar-refractivity contribution in [2.24, 2.45) is 0 Å². The van der Waals surface area contributed by atoms with E-state index in [1.807, 2.05) is 0 Å². The Morgan fingerprint density at radius 2 is 1.88 bits per heavy atom. The van der Waals surface area contributed by atoms with Crippen LogP contribution < -0.4 is 0 Å². The van der Waals surface area contributed by atoms with Crippen molar-refractivity contribution in [3.05, 3.63) is 0 Å². The summed E-state index contributed by atoms with van der Waals surface area (Å²) in [5.41, 5.74) is 0. The Labute approximate surface area is 69.5 Å². The number of rotatable bonds is 2. The van der Waals surface area contributed by atoms with Gasteiger partial charge in [-0.25, -0.2) is 0 Å². The third-order valence-corrected chi connectivity index (χ3v) is 1.60. The second-order valence-electron chi connectivity index (χ2n) is 1.01. The van der Waals surface area contributed by atoms with Crippen LogP contribution >= 0.6 is 12.6 Å². The van der Waals surface area contributed by atoms with Gasteiger partial charge >= 0.3 is 22.4 Å². The predicted molar refractivity (Wildman–Crippen MR) is 30.3 cm³/mol. The van der Waals surface area contributed by atoms with Gasteiger partial charge < -0.3 is 0 Å². The SMILES string of the molecule is O=S(=O)(O)CCS.[Au+]. The molecule has 1 N–H and O–H groups in total. The van der Waals surface area contributed by atoms with Crippen LogP contribution in [0.2, 0.25) is 0 Å². The van der Waals surface area contributed by atoms with Crippen LogP contribution in [0, 0.1) is 0 Å². The van der Waals surface area contributed by atoms with E-state index in [9.17, 15) is 8.42 Å². The molecule has 0 heterocycles. The van der Waals surface area contributed by atoms with Crippen LogP contribution in [0.15, 0.2) is 0 Å². The second kappa shape index (κ2) is 4.84. The number of hydrogen-bond acceptors (Lipinski definition) is 3. The van der Waals surface area contributed by atoms with Gasteiger partial charge in [0, 0.05) is 5.75 Å². The average molecular weight is 339 g/mol. The smallest absolute Gasteiger partial charge is 0.286 e. The first-order valence-corrected chi connectivity index (χ1v) is 3.86. The molecule has 0 atom stereocenters. The van der Waals surface area contributed by atoms with Gasteiger partial charge in [0.25, 0.3) is 10.1 Å². The maximum atomic E-state index is 9.74. The summed E-state index contributed by atoms with van der Waals surface area (Å²) in [4.78, 5) is 0. The first-order valence-electron chi connectivity index (χ1n) is 1.62. The Morgan fingerprint density at radius 1 is 1.50 bits per heavy atom. The molecule has 0 saturated heterocycles. The molecule has 0 rings (SSSR count). The third-order valence-electron chi connectivity index (χ3n) is 0.349. The summed E-state index contributed by atoms with van der Waals surface area (Å²) in [6, 6.07) is 0. The Hall–Kier alpha value is 1.00. The average Bonchev–Trinajstić information content (AvgIpc) is 1.30. The fourth-order valence-electron chi connectivity index (χ4n) is 0.115. The topological polar surface area (TPSA) is 54.4 Å². The van der Waals surface area contributed by atoms with Crippen molar-refractivity contribution in [3.63, 3.8) is 0 Å². The molecule has 0 spiro atoms. The minimum absolute atomic E-state index is 0. The van der Waals surface area contributed by atoms with Crippen LogP contribution in [0.4, 0.5) is 0 Å². The molecule has 54 valence electrons. The van der Waals surface area contributed by atoms with Gasteiger partial charge in [-0.2, -0.15) is 21.0 Å². The van der Waals surface area contributed by atoms with E-state index >= 15 is 0 Å². The molecule has 0 saturated carbocycles. The summed E-state index contributed by atoms with van der Waals surface area (Å²) in [5, 5.41) is 0. The molecule has 0 bridgehead atoms. The van der Waals surface area contributed by atoms with Crippen molar-refractivity contribution in [3.8, 4) is 0 Å². The third kappa shape index (κ3) is 10.1. The van der Waals surface area contributed by atoms with Gasteiger partial charge in [0.2, 0.25) is 0 Å². The number of hydrogen-bond donors (Lipinski definition) is 2.